The molecule has 8 nitrogen and oxygen atoms in total. The quantitative estimate of drug-likeness (QED) is 0.392. The van der Waals surface area contributed by atoms with Crippen molar-refractivity contribution < 1.29 is 4.42 Å². The Kier molecular flexibility index (Phi) is 2.12. The summed E-state index contributed by atoms with van der Waals surface area (Å²) in [5, 5.41) is 18.2. The molecule has 0 amide bonds. The maximum atomic E-state index is 5.14. The average molecular weight is 231 g/mol. The number of fused-ring (bicyclic) bond motifs is 1. The van der Waals surface area contributed by atoms with Crippen molar-refractivity contribution in [2.75, 3.05) is 10.7 Å². The Balaban J connectivity index is 1.88. The molecule has 0 aliphatic rings. The van der Waals surface area contributed by atoms with Crippen LogP contribution in [0.4, 0.5) is 17.7 Å². The molecular weight excluding hydrogens is 222 g/mol. The number of benzene rings is 1. The fraction of sp³-hybridized carbons (Fsp3) is 0. The normalized spacial score (nSPS) is 10.6. The Morgan fingerprint density at radius 3 is 2.94 bits per heavy atom. The molecule has 0 aliphatic carbocycles. The van der Waals surface area contributed by atoms with Crippen LogP contribution in [0.3, 0.4) is 0 Å². The van der Waals surface area contributed by atoms with Crippen molar-refractivity contribution in [3.05, 3.63) is 24.4 Å². The second-order valence-corrected chi connectivity index (χ2v) is 3.35. The van der Waals surface area contributed by atoms with E-state index in [9.17, 15) is 0 Å². The summed E-state index contributed by atoms with van der Waals surface area (Å²) < 4.78 is 5.14. The van der Waals surface area contributed by atoms with Crippen LogP contribution in [0.15, 0.2) is 28.8 Å². The van der Waals surface area contributed by atoms with E-state index >= 15 is 0 Å². The van der Waals surface area contributed by atoms with Crippen LogP contribution in [0.5, 0.6) is 0 Å². The van der Waals surface area contributed by atoms with Crippen LogP contribution in [-0.2, 0) is 0 Å². The summed E-state index contributed by atoms with van der Waals surface area (Å²) in [5.41, 5.74) is 4.05. The number of aromatic nitrogens is 4. The highest BCUT2D eigenvalue weighted by atomic mass is 16.4. The van der Waals surface area contributed by atoms with Crippen LogP contribution in [0.2, 0.25) is 0 Å². The molecule has 1 aromatic carbocycles. The molecule has 86 valence electrons. The zero-order chi connectivity index (χ0) is 11.7. The zero-order valence-corrected chi connectivity index (χ0v) is 8.64. The molecule has 0 unspecified atom stereocenters. The summed E-state index contributed by atoms with van der Waals surface area (Å²) in [6, 6.07) is 6.11. The van der Waals surface area contributed by atoms with Crippen LogP contribution in [0.25, 0.3) is 10.9 Å². The van der Waals surface area contributed by atoms with Gasteiger partial charge in [0.25, 0.3) is 0 Å². The highest BCUT2D eigenvalue weighted by molar-refractivity contribution is 5.82. The molecule has 0 saturated heterocycles. The Morgan fingerprint density at radius 1 is 1.24 bits per heavy atom. The van der Waals surface area contributed by atoms with E-state index in [0.29, 0.717) is 0 Å². The first-order valence-electron chi connectivity index (χ1n) is 4.85. The number of nitrogens with zero attached hydrogens (tertiary/aromatic N) is 3. The summed E-state index contributed by atoms with van der Waals surface area (Å²) in [7, 11) is 0. The molecule has 2 heterocycles. The van der Waals surface area contributed by atoms with Gasteiger partial charge in [0.1, 0.15) is 0 Å². The minimum Gasteiger partial charge on any atom is -0.388 e. The van der Waals surface area contributed by atoms with Crippen molar-refractivity contribution in [3.8, 4) is 0 Å². The van der Waals surface area contributed by atoms with E-state index in [-0.39, 0.29) is 12.0 Å². The second-order valence-electron chi connectivity index (χ2n) is 3.35. The number of aromatic amines is 1. The third-order valence-corrected chi connectivity index (χ3v) is 2.24. The van der Waals surface area contributed by atoms with Crippen LogP contribution in [-0.4, -0.2) is 20.4 Å². The number of H-pyrrole nitrogens is 1. The van der Waals surface area contributed by atoms with E-state index in [0.717, 1.165) is 16.6 Å². The van der Waals surface area contributed by atoms with Gasteiger partial charge in [-0.1, -0.05) is 10.2 Å². The minimum atomic E-state index is 0.150. The maximum absolute atomic E-state index is 5.14. The fourth-order valence-corrected chi connectivity index (χ4v) is 1.48. The van der Waals surface area contributed by atoms with Gasteiger partial charge in [0.15, 0.2) is 0 Å². The molecule has 0 atom stereocenters. The highest BCUT2D eigenvalue weighted by Gasteiger charge is 2.05. The van der Waals surface area contributed by atoms with Crippen molar-refractivity contribution in [1.29, 1.82) is 0 Å². The molecule has 0 spiro atoms. The van der Waals surface area contributed by atoms with E-state index in [1.54, 1.807) is 6.20 Å². The summed E-state index contributed by atoms with van der Waals surface area (Å²) in [6.07, 6.45) is 1.74. The van der Waals surface area contributed by atoms with Crippen LogP contribution in [0, 0.1) is 0 Å². The van der Waals surface area contributed by atoms with Crippen LogP contribution in [0.1, 0.15) is 0 Å². The van der Waals surface area contributed by atoms with Crippen molar-refractivity contribution in [2.24, 2.45) is 5.84 Å². The summed E-state index contributed by atoms with van der Waals surface area (Å²) in [4.78, 5) is 0. The van der Waals surface area contributed by atoms with E-state index in [4.69, 9.17) is 10.3 Å². The number of hydrazine groups is 1. The number of rotatable bonds is 3. The van der Waals surface area contributed by atoms with Gasteiger partial charge in [0, 0.05) is 11.1 Å². The lowest BCUT2D eigenvalue weighted by molar-refractivity contribution is 0.585. The van der Waals surface area contributed by atoms with E-state index in [1.807, 2.05) is 18.2 Å². The van der Waals surface area contributed by atoms with Crippen LogP contribution >= 0.6 is 0 Å². The molecular formula is C9H9N7O. The molecule has 8 heteroatoms. The van der Waals surface area contributed by atoms with Gasteiger partial charge in [-0.25, -0.2) is 5.84 Å². The molecule has 17 heavy (non-hydrogen) atoms. The number of nitrogen functional groups attached to an aromatic ring is 1. The Labute approximate surface area is 95.2 Å². The smallest absolute Gasteiger partial charge is 0.331 e. The predicted octanol–water partition coefficient (Wildman–Crippen LogP) is 0.975. The van der Waals surface area contributed by atoms with Gasteiger partial charge < -0.3 is 9.73 Å². The molecule has 2 aromatic heterocycles. The molecule has 3 aromatic rings. The Hall–Kier alpha value is -2.61. The molecule has 0 aliphatic heterocycles. The van der Waals surface area contributed by atoms with Gasteiger partial charge in [-0.15, -0.1) is 0 Å². The first-order chi connectivity index (χ1) is 8.35. The number of nitrogens with one attached hydrogen (secondary N) is 3. The summed E-state index contributed by atoms with van der Waals surface area (Å²) >= 11 is 0. The predicted molar refractivity (Wildman–Crippen MR) is 61.5 cm³/mol. The van der Waals surface area contributed by atoms with E-state index in [2.05, 4.69) is 31.1 Å². The van der Waals surface area contributed by atoms with Crippen molar-refractivity contribution in [2.45, 2.75) is 0 Å². The first kappa shape index (κ1) is 9.60. The van der Waals surface area contributed by atoms with Gasteiger partial charge >= 0.3 is 12.0 Å². The number of hydrogen-bond donors (Lipinski definition) is 4. The maximum Gasteiger partial charge on any atom is 0.331 e. The zero-order valence-electron chi connectivity index (χ0n) is 8.64. The van der Waals surface area contributed by atoms with Crippen molar-refractivity contribution in [3.63, 3.8) is 0 Å². The molecule has 0 saturated carbocycles. The molecule has 0 radical (unpaired) electrons. The van der Waals surface area contributed by atoms with Gasteiger partial charge in [-0.2, -0.15) is 5.10 Å². The molecule has 3 rings (SSSR count). The lowest BCUT2D eigenvalue weighted by Crippen LogP contribution is -2.06. The Bertz CT molecular complexity index is 643. The summed E-state index contributed by atoms with van der Waals surface area (Å²) in [5.74, 6) is 5.13. The van der Waals surface area contributed by atoms with Gasteiger partial charge in [-0.3, -0.25) is 10.5 Å². The average Bonchev–Trinajstić information content (AvgIpc) is 2.96. The highest BCUT2D eigenvalue weighted by Crippen LogP contribution is 2.20. The third-order valence-electron chi connectivity index (χ3n) is 2.24. The minimum absolute atomic E-state index is 0.150. The number of anilines is 3. The van der Waals surface area contributed by atoms with Crippen LogP contribution < -0.4 is 16.6 Å². The first-order valence-corrected chi connectivity index (χ1v) is 4.85. The molecule has 0 fully saturated rings. The van der Waals surface area contributed by atoms with Gasteiger partial charge in [0.2, 0.25) is 0 Å². The molecule has 0 bridgehead atoms. The Morgan fingerprint density at radius 2 is 2.12 bits per heavy atom. The lowest BCUT2D eigenvalue weighted by atomic mass is 10.2. The van der Waals surface area contributed by atoms with Gasteiger partial charge in [0.05, 0.1) is 11.7 Å². The third kappa shape index (κ3) is 1.76. The second kappa shape index (κ2) is 3.76. The monoisotopic (exact) mass is 231 g/mol. The number of nitrogens with two attached hydrogens (primary N) is 1. The SMILES string of the molecule is NNc1nnc(Nc2ccc3[nH]ncc3c2)o1. The van der Waals surface area contributed by atoms with Crippen molar-refractivity contribution >= 4 is 28.6 Å². The van der Waals surface area contributed by atoms with Crippen molar-refractivity contribution in [1.82, 2.24) is 20.4 Å². The van der Waals surface area contributed by atoms with E-state index in [1.165, 1.54) is 0 Å². The topological polar surface area (TPSA) is 118 Å². The van der Waals surface area contributed by atoms with E-state index < -0.39 is 0 Å². The van der Waals surface area contributed by atoms with Gasteiger partial charge in [-0.05, 0) is 18.2 Å². The standard InChI is InChI=1S/C9H9N7O/c10-13-9-16-15-8(17-9)12-6-1-2-7-5(3-6)4-11-14-7/h1-4H,10H2,(H,11,14)(H,12,15)(H,13,16). The largest absolute Gasteiger partial charge is 0.388 e. The summed E-state index contributed by atoms with van der Waals surface area (Å²) in [6.45, 7) is 0. The fourth-order valence-electron chi connectivity index (χ4n) is 1.48. The lowest BCUT2D eigenvalue weighted by Gasteiger charge is -2.00. The molecule has 5 N–H and O–H groups in total. The number of hydrogen-bond acceptors (Lipinski definition) is 7.